The second-order valence-corrected chi connectivity index (χ2v) is 5.45. The summed E-state index contributed by atoms with van der Waals surface area (Å²) in [5, 5.41) is 9.01. The number of carbonyl (C=O) groups excluding carboxylic acids is 3. The van der Waals surface area contributed by atoms with Crippen LogP contribution in [0.5, 0.6) is 5.75 Å². The van der Waals surface area contributed by atoms with Gasteiger partial charge in [0.05, 0.1) is 24.2 Å². The van der Waals surface area contributed by atoms with E-state index in [1.54, 1.807) is 37.3 Å². The van der Waals surface area contributed by atoms with E-state index >= 15 is 0 Å². The molecule has 1 aromatic heterocycles. The molecule has 0 spiro atoms. The SMILES string of the molecule is C/C(=N/NC(=O)C(=O)NCc1ccco1)c1ccc2c(c1)NC(=O)CO2. The number of fused-ring (bicyclic) bond motifs is 1. The molecule has 3 amide bonds. The third-order valence-electron chi connectivity index (χ3n) is 3.56. The van der Waals surface area contributed by atoms with E-state index < -0.39 is 11.8 Å². The van der Waals surface area contributed by atoms with E-state index in [9.17, 15) is 14.4 Å². The number of benzene rings is 1. The van der Waals surface area contributed by atoms with Crippen molar-refractivity contribution in [1.82, 2.24) is 10.7 Å². The zero-order valence-corrected chi connectivity index (χ0v) is 13.9. The van der Waals surface area contributed by atoms with Crippen LogP contribution in [0.3, 0.4) is 0 Å². The minimum absolute atomic E-state index is 0.0252. The van der Waals surface area contributed by atoms with E-state index in [2.05, 4.69) is 21.2 Å². The van der Waals surface area contributed by atoms with Gasteiger partial charge in [-0.2, -0.15) is 5.10 Å². The summed E-state index contributed by atoms with van der Waals surface area (Å²) in [4.78, 5) is 34.9. The van der Waals surface area contributed by atoms with Gasteiger partial charge in [0.25, 0.3) is 5.91 Å². The number of anilines is 1. The molecule has 2 aromatic rings. The number of furan rings is 1. The zero-order valence-electron chi connectivity index (χ0n) is 13.9. The standard InChI is InChI=1S/C17H16N4O5/c1-10(11-4-5-14-13(7-11)19-15(22)9-26-14)20-21-17(24)16(23)18-8-12-3-2-6-25-12/h2-7H,8-9H2,1H3,(H,18,23)(H,19,22)(H,21,24)/b20-10-. The largest absolute Gasteiger partial charge is 0.482 e. The van der Waals surface area contributed by atoms with Gasteiger partial charge >= 0.3 is 11.8 Å². The van der Waals surface area contributed by atoms with Gasteiger partial charge in [-0.1, -0.05) is 0 Å². The number of rotatable bonds is 4. The molecule has 0 saturated heterocycles. The van der Waals surface area contributed by atoms with Crippen LogP contribution in [0, 0.1) is 0 Å². The van der Waals surface area contributed by atoms with E-state index in [0.29, 0.717) is 28.5 Å². The van der Waals surface area contributed by atoms with Crippen LogP contribution in [-0.2, 0) is 20.9 Å². The second kappa shape index (κ2) is 7.51. The summed E-state index contributed by atoms with van der Waals surface area (Å²) >= 11 is 0. The first-order valence-corrected chi connectivity index (χ1v) is 7.75. The molecule has 0 radical (unpaired) electrons. The Morgan fingerprint density at radius 2 is 2.12 bits per heavy atom. The quantitative estimate of drug-likeness (QED) is 0.424. The highest BCUT2D eigenvalue weighted by molar-refractivity contribution is 6.35. The normalized spacial score (nSPS) is 13.3. The molecule has 1 aliphatic rings. The monoisotopic (exact) mass is 356 g/mol. The number of hydrogen-bond donors (Lipinski definition) is 3. The van der Waals surface area contributed by atoms with Gasteiger partial charge in [0.2, 0.25) is 0 Å². The van der Waals surface area contributed by atoms with Crippen molar-refractivity contribution in [3.63, 3.8) is 0 Å². The Labute approximate surface area is 148 Å². The highest BCUT2D eigenvalue weighted by Crippen LogP contribution is 2.28. The van der Waals surface area contributed by atoms with Gasteiger partial charge in [-0.15, -0.1) is 0 Å². The maximum Gasteiger partial charge on any atom is 0.329 e. The number of hydrazone groups is 1. The third kappa shape index (κ3) is 4.07. The molecule has 26 heavy (non-hydrogen) atoms. The van der Waals surface area contributed by atoms with Crippen LogP contribution in [0.1, 0.15) is 18.2 Å². The molecular weight excluding hydrogens is 340 g/mol. The molecule has 0 saturated carbocycles. The average Bonchev–Trinajstić information content (AvgIpc) is 3.16. The first-order valence-electron chi connectivity index (χ1n) is 7.75. The van der Waals surface area contributed by atoms with Crippen LogP contribution in [0.15, 0.2) is 46.1 Å². The summed E-state index contributed by atoms with van der Waals surface area (Å²) < 4.78 is 10.3. The summed E-state index contributed by atoms with van der Waals surface area (Å²) in [6.45, 7) is 1.74. The van der Waals surface area contributed by atoms with Gasteiger partial charge in [0, 0.05) is 0 Å². The van der Waals surface area contributed by atoms with Crippen LogP contribution in [0.4, 0.5) is 5.69 Å². The number of carbonyl (C=O) groups is 3. The molecule has 1 aliphatic heterocycles. The van der Waals surface area contributed by atoms with Gasteiger partial charge in [-0.05, 0) is 42.8 Å². The number of ether oxygens (including phenoxy) is 1. The third-order valence-corrected chi connectivity index (χ3v) is 3.56. The van der Waals surface area contributed by atoms with Crippen molar-refractivity contribution in [1.29, 1.82) is 0 Å². The molecule has 9 heteroatoms. The molecular formula is C17H16N4O5. The lowest BCUT2D eigenvalue weighted by molar-refractivity contribution is -0.139. The van der Waals surface area contributed by atoms with Crippen LogP contribution in [-0.4, -0.2) is 30.0 Å². The van der Waals surface area contributed by atoms with E-state index in [1.165, 1.54) is 6.26 Å². The lowest BCUT2D eigenvalue weighted by atomic mass is 10.1. The van der Waals surface area contributed by atoms with Gasteiger partial charge in [-0.25, -0.2) is 5.43 Å². The molecule has 0 fully saturated rings. The van der Waals surface area contributed by atoms with Crippen molar-refractivity contribution in [3.8, 4) is 5.75 Å². The Balaban J connectivity index is 1.59. The molecule has 0 aliphatic carbocycles. The van der Waals surface area contributed by atoms with Crippen molar-refractivity contribution < 1.29 is 23.5 Å². The van der Waals surface area contributed by atoms with Crippen LogP contribution in [0.2, 0.25) is 0 Å². The predicted octanol–water partition coefficient (Wildman–Crippen LogP) is 0.767. The Morgan fingerprint density at radius 1 is 1.27 bits per heavy atom. The maximum atomic E-state index is 11.8. The van der Waals surface area contributed by atoms with Crippen LogP contribution < -0.4 is 20.8 Å². The lowest BCUT2D eigenvalue weighted by Crippen LogP contribution is -2.37. The van der Waals surface area contributed by atoms with Crippen molar-refractivity contribution in [2.45, 2.75) is 13.5 Å². The van der Waals surface area contributed by atoms with E-state index in [4.69, 9.17) is 9.15 Å². The molecule has 3 rings (SSSR count). The van der Waals surface area contributed by atoms with E-state index in [0.717, 1.165) is 0 Å². The zero-order chi connectivity index (χ0) is 18.5. The predicted molar refractivity (Wildman–Crippen MR) is 91.5 cm³/mol. The molecule has 134 valence electrons. The average molecular weight is 356 g/mol. The molecule has 0 bridgehead atoms. The highest BCUT2D eigenvalue weighted by Gasteiger charge is 2.17. The maximum absolute atomic E-state index is 11.8. The summed E-state index contributed by atoms with van der Waals surface area (Å²) in [5.74, 6) is -0.882. The van der Waals surface area contributed by atoms with Crippen molar-refractivity contribution >= 4 is 29.1 Å². The first-order chi connectivity index (χ1) is 12.5. The number of nitrogens with one attached hydrogen (secondary N) is 3. The van der Waals surface area contributed by atoms with Crippen molar-refractivity contribution in [2.24, 2.45) is 5.10 Å². The summed E-state index contributed by atoms with van der Waals surface area (Å²) in [6.07, 6.45) is 1.47. The molecule has 9 nitrogen and oxygen atoms in total. The van der Waals surface area contributed by atoms with Gasteiger partial charge in [0.15, 0.2) is 6.61 Å². The highest BCUT2D eigenvalue weighted by atomic mass is 16.5. The Kier molecular flexibility index (Phi) is 4.97. The number of hydrogen-bond acceptors (Lipinski definition) is 6. The van der Waals surface area contributed by atoms with Gasteiger partial charge < -0.3 is 19.8 Å². The fourth-order valence-electron chi connectivity index (χ4n) is 2.22. The topological polar surface area (TPSA) is 122 Å². The minimum Gasteiger partial charge on any atom is -0.482 e. The Hall–Kier alpha value is -3.62. The lowest BCUT2D eigenvalue weighted by Gasteiger charge is -2.18. The summed E-state index contributed by atoms with van der Waals surface area (Å²) in [7, 11) is 0. The van der Waals surface area contributed by atoms with Crippen molar-refractivity contribution in [3.05, 3.63) is 47.9 Å². The molecule has 0 unspecified atom stereocenters. The van der Waals surface area contributed by atoms with Crippen LogP contribution in [0.25, 0.3) is 0 Å². The smallest absolute Gasteiger partial charge is 0.329 e. The second-order valence-electron chi connectivity index (χ2n) is 5.45. The molecule has 0 atom stereocenters. The Morgan fingerprint density at radius 3 is 2.88 bits per heavy atom. The summed E-state index contributed by atoms with van der Waals surface area (Å²) in [6, 6.07) is 8.47. The minimum atomic E-state index is -0.898. The van der Waals surface area contributed by atoms with Gasteiger partial charge in [-0.3, -0.25) is 14.4 Å². The van der Waals surface area contributed by atoms with Crippen molar-refractivity contribution in [2.75, 3.05) is 11.9 Å². The molecule has 2 heterocycles. The van der Waals surface area contributed by atoms with E-state index in [-0.39, 0.29) is 19.1 Å². The van der Waals surface area contributed by atoms with E-state index in [1.807, 2.05) is 0 Å². The van der Waals surface area contributed by atoms with Crippen LogP contribution >= 0.6 is 0 Å². The molecule has 3 N–H and O–H groups in total. The fourth-order valence-corrected chi connectivity index (χ4v) is 2.22. The number of amides is 3. The van der Waals surface area contributed by atoms with Gasteiger partial charge in [0.1, 0.15) is 11.5 Å². The first kappa shape index (κ1) is 17.2. The molecule has 1 aromatic carbocycles. The number of nitrogens with zero attached hydrogens (tertiary/aromatic N) is 1. The Bertz CT molecular complexity index is 873. The summed E-state index contributed by atoms with van der Waals surface area (Å²) in [5.41, 5.74) is 3.83. The fraction of sp³-hybridized carbons (Fsp3) is 0.176.